The lowest BCUT2D eigenvalue weighted by Gasteiger charge is -2.23. The highest BCUT2D eigenvalue weighted by Crippen LogP contribution is 2.06. The zero-order valence-corrected chi connectivity index (χ0v) is 11.0. The molecule has 15 heavy (non-hydrogen) atoms. The molecule has 0 aliphatic rings. The van der Waals surface area contributed by atoms with E-state index in [9.17, 15) is 0 Å². The first-order chi connectivity index (χ1) is 7.13. The first kappa shape index (κ1) is 14.7. The Morgan fingerprint density at radius 2 is 1.87 bits per heavy atom. The Labute approximate surface area is 95.7 Å². The van der Waals surface area contributed by atoms with E-state index in [4.69, 9.17) is 0 Å². The van der Waals surface area contributed by atoms with Crippen LogP contribution in [0.1, 0.15) is 40.5 Å². The summed E-state index contributed by atoms with van der Waals surface area (Å²) in [5.41, 5.74) is 1.28. The molecule has 0 rings (SSSR count). The zero-order chi connectivity index (χ0) is 11.7. The van der Waals surface area contributed by atoms with Crippen molar-refractivity contribution in [3.05, 3.63) is 12.2 Å². The van der Waals surface area contributed by atoms with Crippen LogP contribution < -0.4 is 5.32 Å². The van der Waals surface area contributed by atoms with Crippen molar-refractivity contribution < 1.29 is 0 Å². The molecule has 0 amide bonds. The second kappa shape index (κ2) is 8.93. The highest BCUT2D eigenvalue weighted by Gasteiger charge is 2.08. The first-order valence-corrected chi connectivity index (χ1v) is 6.24. The van der Waals surface area contributed by atoms with E-state index >= 15 is 0 Å². The Hall–Kier alpha value is -0.340. The number of nitrogens with one attached hydrogen (secondary N) is 1. The molecule has 90 valence electrons. The van der Waals surface area contributed by atoms with Crippen LogP contribution in [0.4, 0.5) is 0 Å². The molecule has 0 aromatic rings. The molecule has 0 radical (unpaired) electrons. The molecule has 0 aliphatic heterocycles. The van der Waals surface area contributed by atoms with E-state index in [-0.39, 0.29) is 0 Å². The van der Waals surface area contributed by atoms with Gasteiger partial charge >= 0.3 is 0 Å². The van der Waals surface area contributed by atoms with Crippen molar-refractivity contribution in [3.8, 4) is 0 Å². The summed E-state index contributed by atoms with van der Waals surface area (Å²) in [6.45, 7) is 17.3. The van der Waals surface area contributed by atoms with Gasteiger partial charge in [0.2, 0.25) is 0 Å². The van der Waals surface area contributed by atoms with Crippen LogP contribution >= 0.6 is 0 Å². The standard InChI is InChI=1S/C13H28N2/c1-6-14-13(11-12(4)5)9-10-15(7-2)8-3/h13-14H,4,6-11H2,1-3,5H3. The third kappa shape index (κ3) is 7.57. The monoisotopic (exact) mass is 212 g/mol. The van der Waals surface area contributed by atoms with Crippen molar-refractivity contribution in [1.82, 2.24) is 10.2 Å². The topological polar surface area (TPSA) is 15.3 Å². The largest absolute Gasteiger partial charge is 0.314 e. The third-order valence-corrected chi connectivity index (χ3v) is 2.78. The Balaban J connectivity index is 3.88. The van der Waals surface area contributed by atoms with Gasteiger partial charge < -0.3 is 10.2 Å². The molecule has 1 atom stereocenters. The lowest BCUT2D eigenvalue weighted by Crippen LogP contribution is -2.34. The predicted molar refractivity (Wildman–Crippen MR) is 69.3 cm³/mol. The van der Waals surface area contributed by atoms with Gasteiger partial charge in [-0.15, -0.1) is 6.58 Å². The Bertz CT molecular complexity index is 162. The van der Waals surface area contributed by atoms with E-state index in [1.165, 1.54) is 18.5 Å². The van der Waals surface area contributed by atoms with E-state index < -0.39 is 0 Å². The summed E-state index contributed by atoms with van der Waals surface area (Å²) < 4.78 is 0. The summed E-state index contributed by atoms with van der Waals surface area (Å²) >= 11 is 0. The SMILES string of the molecule is C=C(C)CC(CCN(CC)CC)NCC. The summed E-state index contributed by atoms with van der Waals surface area (Å²) in [5, 5.41) is 3.53. The van der Waals surface area contributed by atoms with Crippen molar-refractivity contribution >= 4 is 0 Å². The number of rotatable bonds is 9. The molecule has 0 heterocycles. The predicted octanol–water partition coefficient (Wildman–Crippen LogP) is 2.66. The van der Waals surface area contributed by atoms with Gasteiger partial charge in [0.15, 0.2) is 0 Å². The minimum Gasteiger partial charge on any atom is -0.314 e. The molecule has 0 bridgehead atoms. The lowest BCUT2D eigenvalue weighted by molar-refractivity contribution is 0.281. The Morgan fingerprint density at radius 3 is 2.27 bits per heavy atom. The van der Waals surface area contributed by atoms with Crippen molar-refractivity contribution in [3.63, 3.8) is 0 Å². The van der Waals surface area contributed by atoms with Crippen molar-refractivity contribution in [2.75, 3.05) is 26.2 Å². The fourth-order valence-electron chi connectivity index (χ4n) is 1.86. The van der Waals surface area contributed by atoms with Gasteiger partial charge in [0.1, 0.15) is 0 Å². The minimum absolute atomic E-state index is 0.605. The van der Waals surface area contributed by atoms with Gasteiger partial charge in [-0.2, -0.15) is 0 Å². The molecule has 0 aromatic carbocycles. The molecular weight excluding hydrogens is 184 g/mol. The zero-order valence-electron chi connectivity index (χ0n) is 11.0. The Kier molecular flexibility index (Phi) is 8.73. The maximum absolute atomic E-state index is 3.99. The van der Waals surface area contributed by atoms with Crippen LogP contribution in [0.5, 0.6) is 0 Å². The normalized spacial score (nSPS) is 13.1. The molecular formula is C13H28N2. The van der Waals surface area contributed by atoms with Gasteiger partial charge in [-0.05, 0) is 45.9 Å². The highest BCUT2D eigenvalue weighted by molar-refractivity contribution is 4.92. The second-order valence-corrected chi connectivity index (χ2v) is 4.23. The number of nitrogens with zero attached hydrogens (tertiary/aromatic N) is 1. The molecule has 0 saturated carbocycles. The maximum Gasteiger partial charge on any atom is 0.0116 e. The van der Waals surface area contributed by atoms with E-state index in [0.717, 1.165) is 26.1 Å². The fraction of sp³-hybridized carbons (Fsp3) is 0.846. The van der Waals surface area contributed by atoms with Gasteiger partial charge in [-0.3, -0.25) is 0 Å². The quantitative estimate of drug-likeness (QED) is 0.591. The second-order valence-electron chi connectivity index (χ2n) is 4.23. The molecule has 0 aliphatic carbocycles. The van der Waals surface area contributed by atoms with E-state index in [2.05, 4.69) is 44.5 Å². The van der Waals surface area contributed by atoms with E-state index in [0.29, 0.717) is 6.04 Å². The van der Waals surface area contributed by atoms with Crippen LogP contribution in [0, 0.1) is 0 Å². The van der Waals surface area contributed by atoms with E-state index in [1.54, 1.807) is 0 Å². The van der Waals surface area contributed by atoms with Gasteiger partial charge in [-0.1, -0.05) is 26.3 Å². The van der Waals surface area contributed by atoms with Gasteiger partial charge in [0, 0.05) is 6.04 Å². The van der Waals surface area contributed by atoms with Crippen LogP contribution in [0.2, 0.25) is 0 Å². The average molecular weight is 212 g/mol. The van der Waals surface area contributed by atoms with Gasteiger partial charge in [0.05, 0.1) is 0 Å². The smallest absolute Gasteiger partial charge is 0.0116 e. The molecule has 1 N–H and O–H groups in total. The summed E-state index contributed by atoms with van der Waals surface area (Å²) in [6.07, 6.45) is 2.33. The lowest BCUT2D eigenvalue weighted by atomic mass is 10.1. The molecule has 0 saturated heterocycles. The fourth-order valence-corrected chi connectivity index (χ4v) is 1.86. The van der Waals surface area contributed by atoms with Crippen LogP contribution in [0.3, 0.4) is 0 Å². The summed E-state index contributed by atoms with van der Waals surface area (Å²) in [6, 6.07) is 0.605. The van der Waals surface area contributed by atoms with Crippen LogP contribution in [0.25, 0.3) is 0 Å². The summed E-state index contributed by atoms with van der Waals surface area (Å²) in [5.74, 6) is 0. The van der Waals surface area contributed by atoms with Crippen molar-refractivity contribution in [1.29, 1.82) is 0 Å². The van der Waals surface area contributed by atoms with E-state index in [1.807, 2.05) is 0 Å². The maximum atomic E-state index is 3.99. The Morgan fingerprint density at radius 1 is 1.27 bits per heavy atom. The van der Waals surface area contributed by atoms with Gasteiger partial charge in [-0.25, -0.2) is 0 Å². The van der Waals surface area contributed by atoms with Crippen molar-refractivity contribution in [2.24, 2.45) is 0 Å². The molecule has 0 spiro atoms. The third-order valence-electron chi connectivity index (χ3n) is 2.78. The number of hydrogen-bond acceptors (Lipinski definition) is 2. The summed E-state index contributed by atoms with van der Waals surface area (Å²) in [7, 11) is 0. The van der Waals surface area contributed by atoms with Crippen LogP contribution in [-0.2, 0) is 0 Å². The van der Waals surface area contributed by atoms with Crippen LogP contribution in [0.15, 0.2) is 12.2 Å². The highest BCUT2D eigenvalue weighted by atomic mass is 15.1. The number of hydrogen-bond donors (Lipinski definition) is 1. The first-order valence-electron chi connectivity index (χ1n) is 6.24. The minimum atomic E-state index is 0.605. The molecule has 0 fully saturated rings. The molecule has 1 unspecified atom stereocenters. The molecule has 2 heteroatoms. The molecule has 2 nitrogen and oxygen atoms in total. The molecule has 0 aromatic heterocycles. The van der Waals surface area contributed by atoms with Crippen molar-refractivity contribution in [2.45, 2.75) is 46.6 Å². The summed E-state index contributed by atoms with van der Waals surface area (Å²) in [4.78, 5) is 2.47. The van der Waals surface area contributed by atoms with Gasteiger partial charge in [0.25, 0.3) is 0 Å². The average Bonchev–Trinajstić information content (AvgIpc) is 2.18. The van der Waals surface area contributed by atoms with Crippen LogP contribution in [-0.4, -0.2) is 37.1 Å².